The summed E-state index contributed by atoms with van der Waals surface area (Å²) >= 11 is 0. The maximum Gasteiger partial charge on any atom is 0.0489 e. The number of aromatic nitrogens is 2. The third kappa shape index (κ3) is 3.57. The average molecular weight is 262 g/mol. The van der Waals surface area contributed by atoms with Gasteiger partial charge in [-0.1, -0.05) is 12.8 Å². The van der Waals surface area contributed by atoms with Crippen LogP contribution in [0.1, 0.15) is 32.1 Å². The molecule has 1 aromatic rings. The Hall–Kier alpha value is -0.870. The van der Waals surface area contributed by atoms with Crippen LogP contribution in [0, 0.1) is 0 Å². The van der Waals surface area contributed by atoms with E-state index in [9.17, 15) is 0 Å². The Morgan fingerprint density at radius 2 is 1.79 bits per heavy atom. The van der Waals surface area contributed by atoms with E-state index in [0.29, 0.717) is 0 Å². The third-order valence-electron chi connectivity index (χ3n) is 4.67. The number of piperazine rings is 1. The fraction of sp³-hybridized carbons (Fsp3) is 0.800. The van der Waals surface area contributed by atoms with Crippen molar-refractivity contribution in [3.8, 4) is 0 Å². The quantitative estimate of drug-likeness (QED) is 0.809. The average Bonchev–Trinajstić information content (AvgIpc) is 3.13. The summed E-state index contributed by atoms with van der Waals surface area (Å²) in [6, 6.07) is 2.91. The highest BCUT2D eigenvalue weighted by molar-refractivity contribution is 4.82. The van der Waals surface area contributed by atoms with E-state index in [-0.39, 0.29) is 0 Å². The van der Waals surface area contributed by atoms with Gasteiger partial charge in [0.05, 0.1) is 0 Å². The van der Waals surface area contributed by atoms with Crippen LogP contribution in [0.5, 0.6) is 0 Å². The molecule has 0 N–H and O–H groups in total. The molecule has 3 rings (SSSR count). The van der Waals surface area contributed by atoms with Crippen LogP contribution in [0.4, 0.5) is 0 Å². The lowest BCUT2D eigenvalue weighted by Crippen LogP contribution is -2.49. The van der Waals surface area contributed by atoms with Crippen LogP contribution >= 0.6 is 0 Å². The van der Waals surface area contributed by atoms with Gasteiger partial charge in [0.2, 0.25) is 0 Å². The first kappa shape index (κ1) is 13.1. The highest BCUT2D eigenvalue weighted by Crippen LogP contribution is 2.24. The molecule has 1 saturated carbocycles. The second kappa shape index (κ2) is 6.53. The lowest BCUT2D eigenvalue weighted by molar-refractivity contribution is 0.0962. The van der Waals surface area contributed by atoms with Crippen molar-refractivity contribution in [2.45, 2.75) is 44.7 Å². The van der Waals surface area contributed by atoms with E-state index in [4.69, 9.17) is 0 Å². The van der Waals surface area contributed by atoms with Gasteiger partial charge < -0.3 is 4.90 Å². The van der Waals surface area contributed by atoms with Gasteiger partial charge in [0.1, 0.15) is 0 Å². The lowest BCUT2D eigenvalue weighted by atomic mass is 10.2. The molecule has 2 heterocycles. The molecule has 1 aliphatic heterocycles. The third-order valence-corrected chi connectivity index (χ3v) is 4.67. The minimum absolute atomic E-state index is 0.909. The summed E-state index contributed by atoms with van der Waals surface area (Å²) in [5.74, 6) is 0. The van der Waals surface area contributed by atoms with Crippen molar-refractivity contribution in [2.24, 2.45) is 0 Å². The zero-order valence-electron chi connectivity index (χ0n) is 11.9. The molecule has 0 atom stereocenters. The largest absolute Gasteiger partial charge is 0.301 e. The van der Waals surface area contributed by atoms with E-state index >= 15 is 0 Å². The van der Waals surface area contributed by atoms with E-state index in [0.717, 1.165) is 12.6 Å². The standard InChI is InChI=1S/C15H26N4/c1-2-6-15(5-1)18-13-11-17(12-14-18)8-4-10-19-9-3-7-16-19/h3,7,9,15H,1-2,4-6,8,10-14H2. The molecule has 0 unspecified atom stereocenters. The summed E-state index contributed by atoms with van der Waals surface area (Å²) < 4.78 is 2.04. The number of nitrogens with zero attached hydrogens (tertiary/aromatic N) is 4. The number of hydrogen-bond donors (Lipinski definition) is 0. The molecule has 1 aliphatic carbocycles. The molecule has 4 heteroatoms. The first-order chi connectivity index (χ1) is 9.42. The zero-order chi connectivity index (χ0) is 12.9. The summed E-state index contributed by atoms with van der Waals surface area (Å²) in [6.07, 6.45) is 10.9. The Balaban J connectivity index is 1.33. The Morgan fingerprint density at radius 3 is 2.47 bits per heavy atom. The van der Waals surface area contributed by atoms with Gasteiger partial charge in [0, 0.05) is 51.2 Å². The van der Waals surface area contributed by atoms with Crippen molar-refractivity contribution in [3.63, 3.8) is 0 Å². The van der Waals surface area contributed by atoms with Crippen LogP contribution in [0.2, 0.25) is 0 Å². The van der Waals surface area contributed by atoms with Gasteiger partial charge in [-0.05, 0) is 31.9 Å². The Labute approximate surface area is 116 Å². The van der Waals surface area contributed by atoms with Crippen LogP contribution in [-0.4, -0.2) is 58.3 Å². The van der Waals surface area contributed by atoms with Crippen molar-refractivity contribution in [2.75, 3.05) is 32.7 Å². The van der Waals surface area contributed by atoms with Gasteiger partial charge in [-0.15, -0.1) is 0 Å². The predicted molar refractivity (Wildman–Crippen MR) is 77.1 cm³/mol. The van der Waals surface area contributed by atoms with E-state index in [1.165, 1.54) is 64.8 Å². The van der Waals surface area contributed by atoms with Crippen LogP contribution in [0.15, 0.2) is 18.5 Å². The van der Waals surface area contributed by atoms with Crippen LogP contribution in [0.25, 0.3) is 0 Å². The molecule has 1 saturated heterocycles. The summed E-state index contributed by atoms with van der Waals surface area (Å²) in [5, 5.41) is 4.25. The van der Waals surface area contributed by atoms with Crippen LogP contribution in [-0.2, 0) is 6.54 Å². The molecular formula is C15H26N4. The van der Waals surface area contributed by atoms with Gasteiger partial charge in [-0.2, -0.15) is 5.10 Å². The van der Waals surface area contributed by atoms with E-state index in [2.05, 4.69) is 21.1 Å². The first-order valence-electron chi connectivity index (χ1n) is 7.86. The topological polar surface area (TPSA) is 24.3 Å². The number of aryl methyl sites for hydroxylation is 1. The molecule has 19 heavy (non-hydrogen) atoms. The molecule has 0 radical (unpaired) electrons. The zero-order valence-corrected chi connectivity index (χ0v) is 11.9. The second-order valence-electron chi connectivity index (χ2n) is 5.94. The fourth-order valence-corrected chi connectivity index (χ4v) is 3.51. The van der Waals surface area contributed by atoms with Gasteiger partial charge >= 0.3 is 0 Å². The van der Waals surface area contributed by atoms with Gasteiger partial charge in [-0.25, -0.2) is 0 Å². The van der Waals surface area contributed by atoms with Crippen LogP contribution in [0.3, 0.4) is 0 Å². The normalized spacial score (nSPS) is 23.2. The summed E-state index contributed by atoms with van der Waals surface area (Å²) in [5.41, 5.74) is 0. The van der Waals surface area contributed by atoms with Crippen LogP contribution < -0.4 is 0 Å². The Morgan fingerprint density at radius 1 is 1.00 bits per heavy atom. The highest BCUT2D eigenvalue weighted by atomic mass is 15.3. The van der Waals surface area contributed by atoms with Crippen molar-refractivity contribution < 1.29 is 0 Å². The maximum absolute atomic E-state index is 4.25. The minimum atomic E-state index is 0.909. The molecule has 4 nitrogen and oxygen atoms in total. The van der Waals surface area contributed by atoms with Crippen molar-refractivity contribution in [3.05, 3.63) is 18.5 Å². The fourth-order valence-electron chi connectivity index (χ4n) is 3.51. The SMILES string of the molecule is c1cnn(CCCN2CCN(C3CCCC3)CC2)c1. The minimum Gasteiger partial charge on any atom is -0.301 e. The molecule has 0 aromatic carbocycles. The Kier molecular flexibility index (Phi) is 4.51. The van der Waals surface area contributed by atoms with E-state index < -0.39 is 0 Å². The van der Waals surface area contributed by atoms with Gasteiger partial charge in [0.15, 0.2) is 0 Å². The molecule has 106 valence electrons. The molecule has 2 aliphatic rings. The van der Waals surface area contributed by atoms with Gasteiger partial charge in [-0.3, -0.25) is 9.58 Å². The molecule has 0 bridgehead atoms. The lowest BCUT2D eigenvalue weighted by Gasteiger charge is -2.38. The predicted octanol–water partition coefficient (Wildman–Crippen LogP) is 1.83. The summed E-state index contributed by atoms with van der Waals surface area (Å²) in [7, 11) is 0. The molecule has 0 spiro atoms. The van der Waals surface area contributed by atoms with Crippen molar-refractivity contribution >= 4 is 0 Å². The first-order valence-corrected chi connectivity index (χ1v) is 7.86. The van der Waals surface area contributed by atoms with E-state index in [1.807, 2.05) is 16.9 Å². The smallest absolute Gasteiger partial charge is 0.0489 e. The summed E-state index contributed by atoms with van der Waals surface area (Å²) in [4.78, 5) is 5.35. The van der Waals surface area contributed by atoms with Crippen molar-refractivity contribution in [1.82, 2.24) is 19.6 Å². The molecular weight excluding hydrogens is 236 g/mol. The van der Waals surface area contributed by atoms with Crippen molar-refractivity contribution in [1.29, 1.82) is 0 Å². The maximum atomic E-state index is 4.25. The monoisotopic (exact) mass is 262 g/mol. The second-order valence-corrected chi connectivity index (χ2v) is 5.94. The number of rotatable bonds is 5. The molecule has 2 fully saturated rings. The molecule has 1 aromatic heterocycles. The Bertz CT molecular complexity index is 348. The summed E-state index contributed by atoms with van der Waals surface area (Å²) in [6.45, 7) is 7.36. The highest BCUT2D eigenvalue weighted by Gasteiger charge is 2.25. The van der Waals surface area contributed by atoms with E-state index in [1.54, 1.807) is 0 Å². The van der Waals surface area contributed by atoms with Gasteiger partial charge in [0.25, 0.3) is 0 Å². The molecule has 0 amide bonds. The number of hydrogen-bond acceptors (Lipinski definition) is 3.